The highest BCUT2D eigenvalue weighted by atomic mass is 32.1. The van der Waals surface area contributed by atoms with Crippen molar-refractivity contribution in [3.05, 3.63) is 59.7 Å². The number of thiophene rings is 1. The zero-order valence-electron chi connectivity index (χ0n) is 14.0. The number of nitrogens with one attached hydrogen (secondary N) is 3. The summed E-state index contributed by atoms with van der Waals surface area (Å²) in [5.74, 6) is -0.762. The van der Waals surface area contributed by atoms with E-state index >= 15 is 0 Å². The van der Waals surface area contributed by atoms with E-state index in [0.29, 0.717) is 16.3 Å². The average molecular weight is 381 g/mol. The van der Waals surface area contributed by atoms with Gasteiger partial charge in [0.25, 0.3) is 5.91 Å². The Balaban J connectivity index is 1.46. The number of fused-ring (bicyclic) bond motifs is 1. The third-order valence-electron chi connectivity index (χ3n) is 3.99. The summed E-state index contributed by atoms with van der Waals surface area (Å²) in [5, 5.41) is 17.0. The number of aromatic nitrogens is 3. The van der Waals surface area contributed by atoms with Gasteiger partial charge in [-0.3, -0.25) is 19.5 Å². The van der Waals surface area contributed by atoms with E-state index in [1.54, 1.807) is 29.9 Å². The number of anilines is 1. The van der Waals surface area contributed by atoms with Crippen molar-refractivity contribution in [2.75, 3.05) is 5.32 Å². The van der Waals surface area contributed by atoms with Crippen LogP contribution in [0.15, 0.2) is 54.9 Å². The maximum absolute atomic E-state index is 12.4. The Morgan fingerprint density at radius 1 is 1.19 bits per heavy atom. The number of hydroxylamine groups is 1. The third-order valence-corrected chi connectivity index (χ3v) is 5.10. The molecule has 0 bridgehead atoms. The highest BCUT2D eigenvalue weighted by Crippen LogP contribution is 2.26. The van der Waals surface area contributed by atoms with Crippen LogP contribution < -0.4 is 10.8 Å². The van der Waals surface area contributed by atoms with Crippen LogP contribution in [0.25, 0.3) is 21.5 Å². The molecule has 4 rings (SSSR count). The first kappa shape index (κ1) is 17.0. The molecule has 0 aliphatic heterocycles. The highest BCUT2D eigenvalue weighted by molar-refractivity contribution is 7.17. The van der Waals surface area contributed by atoms with E-state index in [-0.39, 0.29) is 12.5 Å². The predicted molar refractivity (Wildman–Crippen MR) is 102 cm³/mol. The number of hydrogen-bond donors (Lipinski definition) is 4. The van der Waals surface area contributed by atoms with Gasteiger partial charge in [0.2, 0.25) is 5.91 Å². The minimum Gasteiger partial charge on any atom is -0.359 e. The van der Waals surface area contributed by atoms with Gasteiger partial charge in [-0.25, -0.2) is 5.48 Å². The van der Waals surface area contributed by atoms with E-state index in [9.17, 15) is 9.59 Å². The number of amides is 2. The molecule has 0 fully saturated rings. The van der Waals surface area contributed by atoms with Gasteiger partial charge in [-0.1, -0.05) is 12.1 Å². The van der Waals surface area contributed by atoms with Gasteiger partial charge in [0.1, 0.15) is 12.2 Å². The summed E-state index contributed by atoms with van der Waals surface area (Å²) in [5.41, 5.74) is 3.84. The molecule has 2 amide bonds. The molecule has 4 N–H and O–H groups in total. The zero-order chi connectivity index (χ0) is 18.8. The van der Waals surface area contributed by atoms with E-state index in [1.165, 1.54) is 16.0 Å². The molecule has 3 aromatic heterocycles. The number of hydrogen-bond acceptors (Lipinski definition) is 5. The fourth-order valence-electron chi connectivity index (χ4n) is 2.76. The average Bonchev–Trinajstić information content (AvgIpc) is 3.40. The molecular formula is C18H15N5O3S. The molecule has 27 heavy (non-hydrogen) atoms. The van der Waals surface area contributed by atoms with Crippen LogP contribution >= 0.6 is 11.3 Å². The molecule has 8 nitrogen and oxygen atoms in total. The second-order valence-electron chi connectivity index (χ2n) is 5.80. The van der Waals surface area contributed by atoms with Crippen LogP contribution in [0.5, 0.6) is 0 Å². The van der Waals surface area contributed by atoms with Gasteiger partial charge in [0.05, 0.1) is 21.0 Å². The first-order valence-electron chi connectivity index (χ1n) is 8.08. The molecule has 0 spiro atoms. The largest absolute Gasteiger partial charge is 0.359 e. The van der Waals surface area contributed by atoms with Gasteiger partial charge in [-0.05, 0) is 30.3 Å². The van der Waals surface area contributed by atoms with E-state index < -0.39 is 5.91 Å². The lowest BCUT2D eigenvalue weighted by Crippen LogP contribution is -2.19. The Kier molecular flexibility index (Phi) is 4.45. The molecule has 0 saturated heterocycles. The molecule has 9 heteroatoms. The van der Waals surface area contributed by atoms with Crippen molar-refractivity contribution in [3.8, 4) is 10.6 Å². The van der Waals surface area contributed by atoms with Gasteiger partial charge in [0.15, 0.2) is 0 Å². The molecule has 0 aliphatic rings. The van der Waals surface area contributed by atoms with Crippen molar-refractivity contribution in [2.24, 2.45) is 0 Å². The molecule has 1 aromatic carbocycles. The van der Waals surface area contributed by atoms with Gasteiger partial charge in [-0.2, -0.15) is 5.10 Å². The van der Waals surface area contributed by atoms with Gasteiger partial charge in [-0.15, -0.1) is 11.3 Å². The lowest BCUT2D eigenvalue weighted by molar-refractivity contribution is -0.116. The van der Waals surface area contributed by atoms with Gasteiger partial charge < -0.3 is 10.3 Å². The van der Waals surface area contributed by atoms with Crippen molar-refractivity contribution in [1.29, 1.82) is 0 Å². The second-order valence-corrected chi connectivity index (χ2v) is 6.88. The summed E-state index contributed by atoms with van der Waals surface area (Å²) in [4.78, 5) is 28.0. The summed E-state index contributed by atoms with van der Waals surface area (Å²) in [7, 11) is 0. The fourth-order valence-corrected chi connectivity index (χ4v) is 3.62. The first-order chi connectivity index (χ1) is 13.1. The maximum atomic E-state index is 12.4. The number of para-hydroxylation sites is 1. The SMILES string of the molecule is O=C(Cn1ccc(-c2ccc(C(=O)NO)s2)n1)Nc1cccc2cc[nH]c12. The van der Waals surface area contributed by atoms with E-state index in [0.717, 1.165) is 15.8 Å². The molecule has 0 radical (unpaired) electrons. The van der Waals surface area contributed by atoms with Crippen LogP contribution in [0.4, 0.5) is 5.69 Å². The Morgan fingerprint density at radius 3 is 2.93 bits per heavy atom. The molecule has 4 aromatic rings. The predicted octanol–water partition coefficient (Wildman–Crippen LogP) is 2.85. The summed E-state index contributed by atoms with van der Waals surface area (Å²) in [6.45, 7) is 0.0620. The van der Waals surface area contributed by atoms with Gasteiger partial charge in [0, 0.05) is 17.8 Å². The Hall–Kier alpha value is -3.43. The van der Waals surface area contributed by atoms with Crippen molar-refractivity contribution >= 4 is 39.7 Å². The van der Waals surface area contributed by atoms with Crippen LogP contribution in [0, 0.1) is 0 Å². The number of H-pyrrole nitrogens is 1. The van der Waals surface area contributed by atoms with Crippen LogP contribution in [-0.4, -0.2) is 31.8 Å². The summed E-state index contributed by atoms with van der Waals surface area (Å²) in [6, 6.07) is 12.7. The molecular weight excluding hydrogens is 366 g/mol. The van der Waals surface area contributed by atoms with Crippen LogP contribution in [0.3, 0.4) is 0 Å². The first-order valence-corrected chi connectivity index (χ1v) is 8.90. The maximum Gasteiger partial charge on any atom is 0.284 e. The zero-order valence-corrected chi connectivity index (χ0v) is 14.8. The van der Waals surface area contributed by atoms with E-state index in [1.807, 2.05) is 30.5 Å². The lowest BCUT2D eigenvalue weighted by atomic mass is 10.2. The van der Waals surface area contributed by atoms with Crippen molar-refractivity contribution < 1.29 is 14.8 Å². The number of carbonyl (C=O) groups is 2. The lowest BCUT2D eigenvalue weighted by Gasteiger charge is -2.06. The summed E-state index contributed by atoms with van der Waals surface area (Å²) in [6.07, 6.45) is 3.53. The standard InChI is InChI=1S/C18H15N5O3S/c24-16(20-13-3-1-2-11-6-8-19-17(11)13)10-23-9-7-12(21-23)14-4-5-15(27-14)18(25)22-26/h1-9,19,26H,10H2,(H,20,24)(H,22,25). The minimum absolute atomic E-state index is 0.0620. The third kappa shape index (κ3) is 3.46. The van der Waals surface area contributed by atoms with Crippen LogP contribution in [-0.2, 0) is 11.3 Å². The number of nitrogens with zero attached hydrogens (tertiary/aromatic N) is 2. The van der Waals surface area contributed by atoms with E-state index in [2.05, 4.69) is 15.4 Å². The molecule has 0 aliphatic carbocycles. The fraction of sp³-hybridized carbons (Fsp3) is 0.0556. The molecule has 136 valence electrons. The molecule has 0 saturated carbocycles. The van der Waals surface area contributed by atoms with Crippen molar-refractivity contribution in [2.45, 2.75) is 6.54 Å². The van der Waals surface area contributed by atoms with Crippen LogP contribution in [0.1, 0.15) is 9.67 Å². The monoisotopic (exact) mass is 381 g/mol. The number of benzene rings is 1. The number of rotatable bonds is 5. The minimum atomic E-state index is -0.566. The smallest absolute Gasteiger partial charge is 0.284 e. The normalized spacial score (nSPS) is 10.9. The Bertz CT molecular complexity index is 1130. The summed E-state index contributed by atoms with van der Waals surface area (Å²) >= 11 is 1.20. The number of aromatic amines is 1. The van der Waals surface area contributed by atoms with Crippen molar-refractivity contribution in [1.82, 2.24) is 20.2 Å². The van der Waals surface area contributed by atoms with Crippen LogP contribution in [0.2, 0.25) is 0 Å². The number of carbonyl (C=O) groups excluding carboxylic acids is 2. The van der Waals surface area contributed by atoms with Gasteiger partial charge >= 0.3 is 0 Å². The molecule has 3 heterocycles. The Labute approximate surface area is 157 Å². The van der Waals surface area contributed by atoms with E-state index in [4.69, 9.17) is 5.21 Å². The quantitative estimate of drug-likeness (QED) is 0.314. The van der Waals surface area contributed by atoms with Crippen molar-refractivity contribution in [3.63, 3.8) is 0 Å². The second kappa shape index (κ2) is 7.06. The Morgan fingerprint density at radius 2 is 2.07 bits per heavy atom. The molecule has 0 unspecified atom stereocenters. The topological polar surface area (TPSA) is 112 Å². The highest BCUT2D eigenvalue weighted by Gasteiger charge is 2.12. The molecule has 0 atom stereocenters. The summed E-state index contributed by atoms with van der Waals surface area (Å²) < 4.78 is 1.53.